The third-order valence-electron chi connectivity index (χ3n) is 4.70. The number of benzene rings is 2. The van der Waals surface area contributed by atoms with Crippen molar-refractivity contribution in [2.75, 3.05) is 20.2 Å². The first-order chi connectivity index (χ1) is 13.5. The number of nitrogens with zero attached hydrogens (tertiary/aromatic N) is 1. The number of carbonyl (C=O) groups excluding carboxylic acids is 1. The largest absolute Gasteiger partial charge is 0.493 e. The number of nitrogens with one attached hydrogen (secondary N) is 1. The molecule has 2 aromatic carbocycles. The molecule has 1 fully saturated rings. The Kier molecular flexibility index (Phi) is 6.81. The molecule has 0 aliphatic carbocycles. The van der Waals surface area contributed by atoms with Gasteiger partial charge >= 0.3 is 0 Å². The highest BCUT2D eigenvalue weighted by atomic mass is 35.5. The normalized spacial score (nSPS) is 17.0. The molecule has 1 amide bonds. The Hall–Kier alpha value is -2.24. The molecule has 0 radical (unpaired) electrons. The van der Waals surface area contributed by atoms with Crippen LogP contribution in [0.5, 0.6) is 11.5 Å². The highest BCUT2D eigenvalue weighted by Crippen LogP contribution is 2.37. The van der Waals surface area contributed by atoms with Crippen LogP contribution in [0, 0.1) is 0 Å². The van der Waals surface area contributed by atoms with E-state index in [1.165, 1.54) is 5.56 Å². The Morgan fingerprint density at radius 2 is 2.04 bits per heavy atom. The maximum atomic E-state index is 12.7. The van der Waals surface area contributed by atoms with Gasteiger partial charge in [-0.05, 0) is 38.0 Å². The van der Waals surface area contributed by atoms with E-state index in [9.17, 15) is 4.79 Å². The number of methoxy groups -OCH3 is 1. The standard InChI is InChI=1S/C22H27ClN2O3/c1-15(2)28-21-19(23)11-17(12-20(21)27-3)22(26)24-18-9-10-25(14-18)13-16-7-5-4-6-8-16/h4-8,11-12,15,18H,9-10,13-14H2,1-3H3,(H,24,26). The van der Waals surface area contributed by atoms with E-state index in [0.29, 0.717) is 22.1 Å². The van der Waals surface area contributed by atoms with Gasteiger partial charge in [0.05, 0.1) is 18.2 Å². The molecule has 0 saturated carbocycles. The van der Waals surface area contributed by atoms with Crippen LogP contribution in [0.25, 0.3) is 0 Å². The number of rotatable bonds is 7. The predicted molar refractivity (Wildman–Crippen MR) is 111 cm³/mol. The van der Waals surface area contributed by atoms with Gasteiger partial charge in [0.15, 0.2) is 11.5 Å². The van der Waals surface area contributed by atoms with Crippen LogP contribution >= 0.6 is 11.6 Å². The molecule has 150 valence electrons. The number of likely N-dealkylation sites (tertiary alicyclic amines) is 1. The first kappa shape index (κ1) is 20.5. The smallest absolute Gasteiger partial charge is 0.251 e. The van der Waals surface area contributed by atoms with Crippen molar-refractivity contribution in [3.05, 3.63) is 58.6 Å². The molecule has 1 aliphatic rings. The second kappa shape index (κ2) is 9.30. The molecule has 6 heteroatoms. The average Bonchev–Trinajstić information content (AvgIpc) is 3.10. The van der Waals surface area contributed by atoms with E-state index in [4.69, 9.17) is 21.1 Å². The Morgan fingerprint density at radius 1 is 1.29 bits per heavy atom. The molecule has 0 bridgehead atoms. The predicted octanol–water partition coefficient (Wildman–Crippen LogP) is 4.14. The molecule has 0 spiro atoms. The van der Waals surface area contributed by atoms with E-state index < -0.39 is 0 Å². The minimum atomic E-state index is -0.150. The fourth-order valence-electron chi connectivity index (χ4n) is 3.41. The minimum Gasteiger partial charge on any atom is -0.493 e. The molecule has 5 nitrogen and oxygen atoms in total. The van der Waals surface area contributed by atoms with Crippen molar-refractivity contribution in [1.82, 2.24) is 10.2 Å². The average molecular weight is 403 g/mol. The molecular weight excluding hydrogens is 376 g/mol. The fraction of sp³-hybridized carbons (Fsp3) is 0.409. The summed E-state index contributed by atoms with van der Waals surface area (Å²) in [5, 5.41) is 3.48. The maximum absolute atomic E-state index is 12.7. The molecule has 1 heterocycles. The molecule has 1 aliphatic heterocycles. The number of amides is 1. The van der Waals surface area contributed by atoms with Crippen molar-refractivity contribution in [2.24, 2.45) is 0 Å². The molecule has 1 atom stereocenters. The number of ether oxygens (including phenoxy) is 2. The highest BCUT2D eigenvalue weighted by molar-refractivity contribution is 6.32. The molecular formula is C22H27ClN2O3. The van der Waals surface area contributed by atoms with E-state index in [2.05, 4.69) is 34.5 Å². The Labute approximate surface area is 171 Å². The first-order valence-corrected chi connectivity index (χ1v) is 9.95. The second-order valence-corrected chi connectivity index (χ2v) is 7.74. The van der Waals surface area contributed by atoms with Gasteiger partial charge in [0.1, 0.15) is 0 Å². The highest BCUT2D eigenvalue weighted by Gasteiger charge is 2.25. The molecule has 2 aromatic rings. The van der Waals surface area contributed by atoms with E-state index in [1.807, 2.05) is 19.9 Å². The summed E-state index contributed by atoms with van der Waals surface area (Å²) in [4.78, 5) is 15.1. The third kappa shape index (κ3) is 5.18. The van der Waals surface area contributed by atoms with Crippen molar-refractivity contribution in [1.29, 1.82) is 0 Å². The summed E-state index contributed by atoms with van der Waals surface area (Å²) in [6, 6.07) is 13.8. The van der Waals surface area contributed by atoms with Gasteiger partial charge in [0.25, 0.3) is 5.91 Å². The number of hydrogen-bond acceptors (Lipinski definition) is 4. The lowest BCUT2D eigenvalue weighted by Gasteiger charge is -2.18. The quantitative estimate of drug-likeness (QED) is 0.756. The lowest BCUT2D eigenvalue weighted by Crippen LogP contribution is -2.37. The SMILES string of the molecule is COc1cc(C(=O)NC2CCN(Cc3ccccc3)C2)cc(Cl)c1OC(C)C. The van der Waals surface area contributed by atoms with Gasteiger partial charge in [-0.2, -0.15) is 0 Å². The van der Waals surface area contributed by atoms with Gasteiger partial charge < -0.3 is 14.8 Å². The zero-order valence-corrected chi connectivity index (χ0v) is 17.3. The summed E-state index contributed by atoms with van der Waals surface area (Å²) in [5.41, 5.74) is 1.76. The van der Waals surface area contributed by atoms with Crippen LogP contribution in [0.3, 0.4) is 0 Å². The van der Waals surface area contributed by atoms with E-state index in [0.717, 1.165) is 26.1 Å². The minimum absolute atomic E-state index is 0.0415. The molecule has 0 aromatic heterocycles. The van der Waals surface area contributed by atoms with E-state index in [1.54, 1.807) is 19.2 Å². The van der Waals surface area contributed by atoms with Crippen molar-refractivity contribution >= 4 is 17.5 Å². The van der Waals surface area contributed by atoms with Gasteiger partial charge in [-0.25, -0.2) is 0 Å². The summed E-state index contributed by atoms with van der Waals surface area (Å²) < 4.78 is 11.1. The lowest BCUT2D eigenvalue weighted by molar-refractivity contribution is 0.0937. The van der Waals surface area contributed by atoms with Crippen LogP contribution in [-0.2, 0) is 6.54 Å². The van der Waals surface area contributed by atoms with Gasteiger partial charge in [-0.3, -0.25) is 9.69 Å². The lowest BCUT2D eigenvalue weighted by atomic mass is 10.1. The molecule has 1 N–H and O–H groups in total. The van der Waals surface area contributed by atoms with Crippen molar-refractivity contribution < 1.29 is 14.3 Å². The topological polar surface area (TPSA) is 50.8 Å². The van der Waals surface area contributed by atoms with Gasteiger partial charge in [-0.15, -0.1) is 0 Å². The van der Waals surface area contributed by atoms with Crippen LogP contribution < -0.4 is 14.8 Å². The summed E-state index contributed by atoms with van der Waals surface area (Å²) in [5.74, 6) is 0.775. The Balaban J connectivity index is 1.62. The number of halogens is 1. The Bertz CT molecular complexity index is 811. The maximum Gasteiger partial charge on any atom is 0.251 e. The summed E-state index contributed by atoms with van der Waals surface area (Å²) in [6.07, 6.45) is 0.887. The zero-order valence-electron chi connectivity index (χ0n) is 16.6. The van der Waals surface area contributed by atoms with Crippen molar-refractivity contribution in [3.8, 4) is 11.5 Å². The zero-order chi connectivity index (χ0) is 20.1. The van der Waals surface area contributed by atoms with E-state index in [-0.39, 0.29) is 18.1 Å². The number of hydrogen-bond donors (Lipinski definition) is 1. The molecule has 1 unspecified atom stereocenters. The molecule has 1 saturated heterocycles. The monoisotopic (exact) mass is 402 g/mol. The third-order valence-corrected chi connectivity index (χ3v) is 4.98. The summed E-state index contributed by atoms with van der Waals surface area (Å²) in [7, 11) is 1.54. The van der Waals surface area contributed by atoms with Gasteiger partial charge in [-0.1, -0.05) is 41.9 Å². The van der Waals surface area contributed by atoms with Crippen LogP contribution in [0.1, 0.15) is 36.2 Å². The van der Waals surface area contributed by atoms with Crippen molar-refractivity contribution in [2.45, 2.75) is 39.0 Å². The van der Waals surface area contributed by atoms with Crippen molar-refractivity contribution in [3.63, 3.8) is 0 Å². The first-order valence-electron chi connectivity index (χ1n) is 9.57. The molecule has 3 rings (SSSR count). The Morgan fingerprint density at radius 3 is 2.71 bits per heavy atom. The second-order valence-electron chi connectivity index (χ2n) is 7.34. The van der Waals surface area contributed by atoms with Gasteiger partial charge in [0, 0.05) is 31.2 Å². The van der Waals surface area contributed by atoms with Crippen LogP contribution in [0.2, 0.25) is 5.02 Å². The fourth-order valence-corrected chi connectivity index (χ4v) is 3.66. The summed E-state index contributed by atoms with van der Waals surface area (Å²) in [6.45, 7) is 6.52. The number of carbonyl (C=O) groups is 1. The summed E-state index contributed by atoms with van der Waals surface area (Å²) >= 11 is 6.34. The van der Waals surface area contributed by atoms with Gasteiger partial charge in [0.2, 0.25) is 0 Å². The molecule has 28 heavy (non-hydrogen) atoms. The van der Waals surface area contributed by atoms with Crippen LogP contribution in [0.4, 0.5) is 0 Å². The van der Waals surface area contributed by atoms with Crippen LogP contribution in [-0.4, -0.2) is 43.2 Å². The van der Waals surface area contributed by atoms with E-state index >= 15 is 0 Å². The van der Waals surface area contributed by atoms with Crippen LogP contribution in [0.15, 0.2) is 42.5 Å².